The molecule has 2 aliphatic heterocycles. The minimum absolute atomic E-state index is 0.0352. The van der Waals surface area contributed by atoms with Gasteiger partial charge in [-0.3, -0.25) is 0 Å². The van der Waals surface area contributed by atoms with Gasteiger partial charge in [0.1, 0.15) is 0 Å². The Kier molecular flexibility index (Phi) is 6.71. The van der Waals surface area contributed by atoms with Gasteiger partial charge < -0.3 is 0 Å². The number of unbranched alkanes of at least 4 members (excludes halogenated alkanes) is 1. The molecule has 1 aromatic rings. The van der Waals surface area contributed by atoms with Crippen molar-refractivity contribution in [2.45, 2.75) is 44.1 Å². The number of hydrogen-bond acceptors (Lipinski definition) is 4. The van der Waals surface area contributed by atoms with Gasteiger partial charge in [-0.05, 0) is 0 Å². The second-order valence-electron chi connectivity index (χ2n) is 6.77. The predicted octanol–water partition coefficient (Wildman–Crippen LogP) is 6.09. The van der Waals surface area contributed by atoms with Gasteiger partial charge in [-0.1, -0.05) is 0 Å². The maximum absolute atomic E-state index is 14.0. The number of allylic oxidation sites excluding steroid dienone is 1. The van der Waals surface area contributed by atoms with E-state index < -0.39 is 49.8 Å². The van der Waals surface area contributed by atoms with Crippen molar-refractivity contribution >= 4 is 26.3 Å². The van der Waals surface area contributed by atoms with Crippen LogP contribution in [0.1, 0.15) is 31.7 Å². The third kappa shape index (κ3) is 3.96. The fourth-order valence-electron chi connectivity index (χ4n) is 3.36. The molecule has 5 nitrogen and oxygen atoms in total. The van der Waals surface area contributed by atoms with Gasteiger partial charge in [0.15, 0.2) is 0 Å². The number of cyclic esters (lactones) is 1. The zero-order valence-corrected chi connectivity index (χ0v) is 18.7. The number of halogens is 7. The number of amides is 1. The van der Waals surface area contributed by atoms with Crippen LogP contribution in [0.3, 0.4) is 0 Å². The number of carbonyl (C=O) groups excluding carboxylic acids is 1. The summed E-state index contributed by atoms with van der Waals surface area (Å²) in [6.45, 7) is 1.94. The van der Waals surface area contributed by atoms with Gasteiger partial charge in [-0.15, -0.1) is 0 Å². The number of ether oxygens (including phenoxy) is 2. The van der Waals surface area contributed by atoms with Crippen LogP contribution in [0.4, 0.5) is 31.1 Å². The Balaban J connectivity index is 2.24. The van der Waals surface area contributed by atoms with Gasteiger partial charge in [0.2, 0.25) is 0 Å². The molecule has 0 spiro atoms. The third-order valence-corrected chi connectivity index (χ3v) is 10.1. The molecule has 3 rings (SSSR count). The molecular weight excluding hydrogens is 547 g/mol. The summed E-state index contributed by atoms with van der Waals surface area (Å²) in [6, 6.07) is 4.55. The molecule has 0 bridgehead atoms. The predicted molar refractivity (Wildman–Crippen MR) is 106 cm³/mol. The van der Waals surface area contributed by atoms with Gasteiger partial charge in [-0.2, -0.15) is 0 Å². The van der Waals surface area contributed by atoms with Crippen molar-refractivity contribution < 1.29 is 43.7 Å². The Morgan fingerprint density at radius 1 is 1.19 bits per heavy atom. The van der Waals surface area contributed by atoms with Crippen LogP contribution in [-0.2, 0) is 18.1 Å². The molecule has 0 unspecified atom stereocenters. The van der Waals surface area contributed by atoms with Crippen molar-refractivity contribution in [3.05, 3.63) is 42.9 Å². The summed E-state index contributed by atoms with van der Waals surface area (Å²) in [6.07, 6.45) is -11.0. The molecule has 0 radical (unpaired) electrons. The molecule has 1 fully saturated rings. The molecule has 2 heterocycles. The van der Waals surface area contributed by atoms with Crippen LogP contribution in [0.15, 0.2) is 33.7 Å². The average Bonchev–Trinajstić information content (AvgIpc) is 3.26. The summed E-state index contributed by atoms with van der Waals surface area (Å²) in [5.41, 5.74) is -5.38. The number of rotatable bonds is 6. The van der Waals surface area contributed by atoms with E-state index in [0.29, 0.717) is 12.8 Å². The van der Waals surface area contributed by atoms with Crippen molar-refractivity contribution in [2.75, 3.05) is 20.3 Å². The van der Waals surface area contributed by atoms with E-state index in [1.807, 2.05) is 6.92 Å². The Bertz CT molecular complexity index is 856. The summed E-state index contributed by atoms with van der Waals surface area (Å²) < 4.78 is 99.2. The molecule has 0 aliphatic carbocycles. The molecule has 0 saturated carbocycles. The second-order valence-corrected chi connectivity index (χ2v) is 11.1. The van der Waals surface area contributed by atoms with Gasteiger partial charge in [-0.25, -0.2) is 0 Å². The molecule has 1 saturated heterocycles. The number of alkyl halides is 6. The van der Waals surface area contributed by atoms with Gasteiger partial charge in [0.05, 0.1) is 0 Å². The number of methoxy groups -OCH3 is 1. The monoisotopic (exact) mass is 567 g/mol. The zero-order chi connectivity index (χ0) is 23.0. The van der Waals surface area contributed by atoms with Crippen molar-refractivity contribution in [3.8, 4) is 0 Å². The molecule has 0 atom stereocenters. The van der Waals surface area contributed by atoms with Crippen molar-refractivity contribution in [1.29, 1.82) is 0 Å². The van der Waals surface area contributed by atoms with Crippen LogP contribution >= 0.6 is 20.2 Å². The van der Waals surface area contributed by atoms with Crippen molar-refractivity contribution in [1.82, 2.24) is 4.90 Å². The molecule has 0 N–H and O–H groups in total. The van der Waals surface area contributed by atoms with Crippen molar-refractivity contribution in [2.24, 2.45) is 0 Å². The van der Waals surface area contributed by atoms with Crippen LogP contribution in [0.25, 0.3) is 0 Å². The molecule has 2 aliphatic rings. The van der Waals surface area contributed by atoms with E-state index in [0.717, 1.165) is 17.0 Å². The summed E-state index contributed by atoms with van der Waals surface area (Å²) in [7, 11) is 1.21. The summed E-state index contributed by atoms with van der Waals surface area (Å²) >= 11 is -3.78. The molecule has 0 aromatic heterocycles. The minimum atomic E-state index is -5.73. The normalized spacial score (nSPS) is 20.5. The summed E-state index contributed by atoms with van der Waals surface area (Å²) in [5, 5.41) is 0. The van der Waals surface area contributed by atoms with Crippen LogP contribution in [0.2, 0.25) is 0 Å². The van der Waals surface area contributed by atoms with E-state index in [-0.39, 0.29) is 32.6 Å². The van der Waals surface area contributed by atoms with Gasteiger partial charge >= 0.3 is 182 Å². The fourth-order valence-corrected chi connectivity index (χ4v) is 9.39. The molecule has 31 heavy (non-hydrogen) atoms. The maximum atomic E-state index is 14.0. The molecular formula is C19H20F6INO4. The fraction of sp³-hybridized carbons (Fsp3) is 0.526. The number of nitrogens with zero attached hydrogens (tertiary/aromatic N) is 1. The van der Waals surface area contributed by atoms with E-state index in [9.17, 15) is 31.1 Å². The standard InChI is InChI=1S/C19H20F6INO4/c1-3-4-8-14(15(29-2)27-10-11-30-16(27)28)26-13-9-6-5-7-12(13)17(31-26,18(20,21)22)19(23,24)25/h5-7,9H,3-4,8,10-11H2,1-2H3/b15-14+. The van der Waals surface area contributed by atoms with Crippen LogP contribution in [0, 0.1) is 3.57 Å². The number of carbonyl (C=O) groups is 1. The van der Waals surface area contributed by atoms with Gasteiger partial charge in [0.25, 0.3) is 0 Å². The molecule has 12 heteroatoms. The number of benzene rings is 1. The van der Waals surface area contributed by atoms with Crippen LogP contribution < -0.4 is 0 Å². The Morgan fingerprint density at radius 3 is 2.35 bits per heavy atom. The van der Waals surface area contributed by atoms with Gasteiger partial charge in [0, 0.05) is 0 Å². The molecule has 1 amide bonds. The first kappa shape index (κ1) is 24.0. The van der Waals surface area contributed by atoms with Crippen LogP contribution in [0.5, 0.6) is 0 Å². The van der Waals surface area contributed by atoms with Crippen LogP contribution in [-0.4, -0.2) is 43.6 Å². The van der Waals surface area contributed by atoms with E-state index in [1.54, 1.807) is 0 Å². The third-order valence-electron chi connectivity index (χ3n) is 4.82. The first-order valence-electron chi connectivity index (χ1n) is 9.33. The number of hydrogen-bond donors (Lipinski definition) is 0. The Morgan fingerprint density at radius 2 is 1.84 bits per heavy atom. The first-order valence-corrected chi connectivity index (χ1v) is 12.4. The van der Waals surface area contributed by atoms with E-state index in [4.69, 9.17) is 12.5 Å². The topological polar surface area (TPSA) is 48.0 Å². The first-order chi connectivity index (χ1) is 14.5. The zero-order valence-electron chi connectivity index (χ0n) is 16.6. The quantitative estimate of drug-likeness (QED) is 0.238. The van der Waals surface area contributed by atoms with E-state index in [2.05, 4.69) is 0 Å². The molecule has 174 valence electrons. The van der Waals surface area contributed by atoms with E-state index in [1.165, 1.54) is 19.2 Å². The second kappa shape index (κ2) is 8.68. The Labute approximate surface area is 182 Å². The summed E-state index contributed by atoms with van der Waals surface area (Å²) in [4.78, 5) is 13.2. The van der Waals surface area contributed by atoms with E-state index >= 15 is 0 Å². The average molecular weight is 567 g/mol. The van der Waals surface area contributed by atoms with Crippen molar-refractivity contribution in [3.63, 3.8) is 0 Å². The summed E-state index contributed by atoms with van der Waals surface area (Å²) in [5.74, 6) is -0.0869. The SMILES string of the molecule is CCCC/C(=C(\OC)N1CCOC1=O)I1OC(C(F)(F)F)(C(F)(F)F)c2ccccc21. The Hall–Kier alpha value is -1.70. The number of fused-ring (bicyclic) bond motifs is 1. The molecule has 1 aromatic carbocycles.